The summed E-state index contributed by atoms with van der Waals surface area (Å²) in [5.41, 5.74) is 0. The summed E-state index contributed by atoms with van der Waals surface area (Å²) in [5.74, 6) is 4.56. The molecule has 3 nitrogen and oxygen atoms in total. The lowest BCUT2D eigenvalue weighted by Gasteiger charge is -2.08. The van der Waals surface area contributed by atoms with E-state index in [1.807, 2.05) is 0 Å². The molecule has 1 amide bonds. The van der Waals surface area contributed by atoms with Gasteiger partial charge in [0.25, 0.3) is 5.91 Å². The van der Waals surface area contributed by atoms with Gasteiger partial charge in [-0.1, -0.05) is 11.8 Å². The molecule has 64 valence electrons. The van der Waals surface area contributed by atoms with Crippen molar-refractivity contribution in [3.05, 3.63) is 0 Å². The molecule has 0 rings (SSSR count). The highest BCUT2D eigenvalue weighted by Gasteiger charge is 2.14. The molecule has 0 saturated heterocycles. The third-order valence-electron chi connectivity index (χ3n) is 1.02. The summed E-state index contributed by atoms with van der Waals surface area (Å²) in [5, 5.41) is 8.92. The van der Waals surface area contributed by atoms with Crippen LogP contribution < -0.4 is 0 Å². The van der Waals surface area contributed by atoms with Gasteiger partial charge in [-0.05, 0) is 20.8 Å². The maximum Gasteiger partial charge on any atom is 0.274 e. The van der Waals surface area contributed by atoms with Crippen molar-refractivity contribution >= 4 is 5.91 Å². The predicted octanol–water partition coefficient (Wildman–Crippen LogP) is 0.157. The second-order valence-corrected chi connectivity index (χ2v) is 2.07. The topological polar surface area (TPSA) is 40.5 Å². The Bertz CT molecular complexity index is 252. The van der Waals surface area contributed by atoms with Gasteiger partial charge >= 0.3 is 0 Å². The Morgan fingerprint density at radius 3 is 2.00 bits per heavy atom. The van der Waals surface area contributed by atoms with Gasteiger partial charge in [0.05, 0.1) is 0 Å². The highest BCUT2D eigenvalue weighted by atomic mass is 16.3. The first kappa shape index (κ1) is 10.6. The molecule has 0 fully saturated rings. The Morgan fingerprint density at radius 1 is 1.33 bits per heavy atom. The van der Waals surface area contributed by atoms with Crippen LogP contribution in [0.3, 0.4) is 0 Å². The second kappa shape index (κ2) is 5.23. The Morgan fingerprint density at radius 2 is 1.75 bits per heavy atom. The molecule has 0 radical (unpaired) electrons. The number of aliphatic hydroxyl groups is 1. The Labute approximate surface area is 72.4 Å². The molecule has 0 aromatic rings. The normalized spacial score (nSPS) is 10.0. The first-order chi connectivity index (χ1) is 5.63. The maximum atomic E-state index is 11.1. The molecule has 0 heterocycles. The monoisotopic (exact) mass is 165 g/mol. The molecule has 1 N–H and O–H groups in total. The van der Waals surface area contributed by atoms with Crippen molar-refractivity contribution in [2.45, 2.75) is 26.9 Å². The smallest absolute Gasteiger partial charge is 0.274 e. The van der Waals surface area contributed by atoms with Crippen LogP contribution in [0.15, 0.2) is 0 Å². The lowest BCUT2D eigenvalue weighted by Crippen LogP contribution is -2.30. The van der Waals surface area contributed by atoms with Crippen molar-refractivity contribution in [3.8, 4) is 23.9 Å². The molecule has 12 heavy (non-hydrogen) atoms. The van der Waals surface area contributed by atoms with Gasteiger partial charge in [0.2, 0.25) is 0 Å². The van der Waals surface area contributed by atoms with Crippen molar-refractivity contribution in [1.29, 1.82) is 0 Å². The van der Waals surface area contributed by atoms with Crippen LogP contribution in [0.5, 0.6) is 0 Å². The van der Waals surface area contributed by atoms with Crippen LogP contribution >= 0.6 is 0 Å². The van der Waals surface area contributed by atoms with Gasteiger partial charge in [0, 0.05) is 12.1 Å². The Hall–Kier alpha value is -1.45. The minimum absolute atomic E-state index is 0.501. The Kier molecular flexibility index (Phi) is 4.60. The average Bonchev–Trinajstić information content (AvgIpc) is 2.03. The van der Waals surface area contributed by atoms with Crippen LogP contribution in [-0.2, 0) is 4.79 Å². The third kappa shape index (κ3) is 3.09. The van der Waals surface area contributed by atoms with Crippen molar-refractivity contribution in [1.82, 2.24) is 4.90 Å². The first-order valence-electron chi connectivity index (χ1n) is 3.50. The predicted molar refractivity (Wildman–Crippen MR) is 45.4 cm³/mol. The van der Waals surface area contributed by atoms with E-state index in [1.165, 1.54) is 6.92 Å². The van der Waals surface area contributed by atoms with E-state index in [0.29, 0.717) is 0 Å². The molecule has 1 atom stereocenters. The van der Waals surface area contributed by atoms with Gasteiger partial charge in [-0.2, -0.15) is 4.90 Å². The van der Waals surface area contributed by atoms with Crippen molar-refractivity contribution in [2.75, 3.05) is 0 Å². The summed E-state index contributed by atoms with van der Waals surface area (Å²) in [6, 6.07) is 4.93. The van der Waals surface area contributed by atoms with Gasteiger partial charge < -0.3 is 5.11 Å². The van der Waals surface area contributed by atoms with Crippen LogP contribution in [-0.4, -0.2) is 22.0 Å². The van der Waals surface area contributed by atoms with Crippen LogP contribution in [0.2, 0.25) is 0 Å². The minimum Gasteiger partial charge on any atom is -0.383 e. The van der Waals surface area contributed by atoms with Gasteiger partial charge in [-0.15, -0.1) is 0 Å². The number of hydrogen-bond donors (Lipinski definition) is 1. The molecule has 1 unspecified atom stereocenters. The maximum absolute atomic E-state index is 11.1. The Balaban J connectivity index is 4.55. The summed E-state index contributed by atoms with van der Waals surface area (Å²) in [6.07, 6.45) is -1.06. The number of carbonyl (C=O) groups is 1. The molecule has 0 aromatic carbocycles. The van der Waals surface area contributed by atoms with E-state index in [1.54, 1.807) is 13.8 Å². The fourth-order valence-corrected chi connectivity index (χ4v) is 0.549. The summed E-state index contributed by atoms with van der Waals surface area (Å²) in [7, 11) is 0. The lowest BCUT2D eigenvalue weighted by molar-refractivity contribution is -0.133. The van der Waals surface area contributed by atoms with Gasteiger partial charge in [0.15, 0.2) is 0 Å². The van der Waals surface area contributed by atoms with Crippen LogP contribution in [0, 0.1) is 23.9 Å². The van der Waals surface area contributed by atoms with Gasteiger partial charge in [0.1, 0.15) is 6.10 Å². The highest BCUT2D eigenvalue weighted by molar-refractivity contribution is 5.83. The van der Waals surface area contributed by atoms with Crippen LogP contribution in [0.25, 0.3) is 0 Å². The number of carbonyl (C=O) groups excluding carboxylic acids is 1. The summed E-state index contributed by atoms with van der Waals surface area (Å²) in [4.78, 5) is 12.1. The van der Waals surface area contributed by atoms with E-state index in [2.05, 4.69) is 23.9 Å². The van der Waals surface area contributed by atoms with Crippen molar-refractivity contribution < 1.29 is 9.90 Å². The van der Waals surface area contributed by atoms with E-state index in [4.69, 9.17) is 5.11 Å². The van der Waals surface area contributed by atoms with E-state index >= 15 is 0 Å². The zero-order valence-electron chi connectivity index (χ0n) is 7.38. The zero-order valence-corrected chi connectivity index (χ0v) is 7.38. The van der Waals surface area contributed by atoms with Crippen LogP contribution in [0.1, 0.15) is 20.8 Å². The quantitative estimate of drug-likeness (QED) is 0.444. The molecule has 0 aliphatic rings. The molecule has 0 saturated carbocycles. The first-order valence-corrected chi connectivity index (χ1v) is 3.50. The minimum atomic E-state index is -1.06. The number of nitrogens with zero attached hydrogens (tertiary/aromatic N) is 1. The number of aliphatic hydroxyl groups excluding tert-OH is 1. The molecule has 0 aliphatic heterocycles. The molecule has 0 spiro atoms. The standard InChI is InChI=1S/C9H11NO2/c1-4-6-10(7-5-2)9(12)8(3)11/h8,11H,1-3H3. The van der Waals surface area contributed by atoms with E-state index in [0.717, 1.165) is 4.90 Å². The highest BCUT2D eigenvalue weighted by Crippen LogP contribution is 1.90. The summed E-state index contributed by atoms with van der Waals surface area (Å²) < 4.78 is 0. The van der Waals surface area contributed by atoms with Crippen LogP contribution in [0.4, 0.5) is 0 Å². The number of amides is 1. The van der Waals surface area contributed by atoms with Crippen molar-refractivity contribution in [2.24, 2.45) is 0 Å². The molecule has 3 heteroatoms. The fraction of sp³-hybridized carbons (Fsp3) is 0.444. The zero-order chi connectivity index (χ0) is 9.56. The third-order valence-corrected chi connectivity index (χ3v) is 1.02. The van der Waals surface area contributed by atoms with E-state index in [-0.39, 0.29) is 0 Å². The largest absolute Gasteiger partial charge is 0.383 e. The number of hydrogen-bond acceptors (Lipinski definition) is 2. The molecular weight excluding hydrogens is 154 g/mol. The summed E-state index contributed by atoms with van der Waals surface area (Å²) >= 11 is 0. The van der Waals surface area contributed by atoms with Gasteiger partial charge in [-0.3, -0.25) is 4.79 Å². The average molecular weight is 165 g/mol. The second-order valence-electron chi connectivity index (χ2n) is 2.07. The molecular formula is C9H11NO2. The molecule has 0 bridgehead atoms. The number of rotatable bonds is 1. The molecule has 0 aromatic heterocycles. The lowest BCUT2D eigenvalue weighted by atomic mass is 10.3. The summed E-state index contributed by atoms with van der Waals surface area (Å²) in [6.45, 7) is 4.57. The van der Waals surface area contributed by atoms with Gasteiger partial charge in [-0.25, -0.2) is 0 Å². The fourth-order valence-electron chi connectivity index (χ4n) is 0.549. The van der Waals surface area contributed by atoms with E-state index in [9.17, 15) is 4.79 Å². The SMILES string of the molecule is CC#CN(C#CC)C(=O)C(C)O. The molecule has 0 aliphatic carbocycles. The van der Waals surface area contributed by atoms with Crippen molar-refractivity contribution in [3.63, 3.8) is 0 Å². The van der Waals surface area contributed by atoms with E-state index < -0.39 is 12.0 Å².